The minimum absolute atomic E-state index is 0.0459. The number of amides is 2. The third-order valence-electron chi connectivity index (χ3n) is 4.73. The lowest BCUT2D eigenvalue weighted by molar-refractivity contribution is -0.130. The molecule has 10 heteroatoms. The number of nitrogens with zero attached hydrogens (tertiary/aromatic N) is 3. The third-order valence-corrected chi connectivity index (χ3v) is 4.73. The summed E-state index contributed by atoms with van der Waals surface area (Å²) in [4.78, 5) is 28.1. The summed E-state index contributed by atoms with van der Waals surface area (Å²) in [7, 11) is 1.69. The summed E-state index contributed by atoms with van der Waals surface area (Å²) >= 11 is 0. The van der Waals surface area contributed by atoms with Gasteiger partial charge in [0, 0.05) is 44.9 Å². The quantitative estimate of drug-likeness (QED) is 0.751. The second kappa shape index (κ2) is 8.05. The normalized spacial score (nSPS) is 20.2. The highest BCUT2D eigenvalue weighted by Crippen LogP contribution is 2.31. The lowest BCUT2D eigenvalue weighted by atomic mass is 10.2. The molecule has 0 radical (unpaired) electrons. The lowest BCUT2D eigenvalue weighted by Gasteiger charge is -2.36. The predicted molar refractivity (Wildman–Crippen MR) is 95.7 cm³/mol. The van der Waals surface area contributed by atoms with Crippen molar-refractivity contribution in [3.05, 3.63) is 23.8 Å². The van der Waals surface area contributed by atoms with Crippen molar-refractivity contribution in [3.63, 3.8) is 0 Å². The van der Waals surface area contributed by atoms with Gasteiger partial charge in [-0.05, 0) is 7.05 Å². The highest BCUT2D eigenvalue weighted by molar-refractivity contribution is 5.90. The molecule has 3 rings (SSSR count). The van der Waals surface area contributed by atoms with Gasteiger partial charge in [0.1, 0.15) is 11.8 Å². The first-order valence-electron chi connectivity index (χ1n) is 8.79. The van der Waals surface area contributed by atoms with E-state index in [4.69, 9.17) is 10.5 Å². The van der Waals surface area contributed by atoms with E-state index in [0.717, 1.165) is 12.1 Å². The summed E-state index contributed by atoms with van der Waals surface area (Å²) in [5.74, 6) is -1.57. The zero-order chi connectivity index (χ0) is 19.6. The van der Waals surface area contributed by atoms with Crippen LogP contribution in [0.3, 0.4) is 0 Å². The SMILES string of the molecule is CNCC(=O)N1CCN(c2c(F)cc(N3CC(CN)OC3=O)cc2F)CC1. The minimum atomic E-state index is -0.760. The first-order chi connectivity index (χ1) is 12.9. The summed E-state index contributed by atoms with van der Waals surface area (Å²) in [6.07, 6.45) is -1.17. The van der Waals surface area contributed by atoms with Gasteiger partial charge in [-0.1, -0.05) is 0 Å². The monoisotopic (exact) mass is 383 g/mol. The van der Waals surface area contributed by atoms with Gasteiger partial charge in [-0.3, -0.25) is 9.69 Å². The Bertz CT molecular complexity index is 702. The molecule has 0 aliphatic carbocycles. The number of rotatable bonds is 5. The van der Waals surface area contributed by atoms with Crippen LogP contribution in [0.1, 0.15) is 0 Å². The largest absolute Gasteiger partial charge is 0.443 e. The molecule has 2 aliphatic heterocycles. The van der Waals surface area contributed by atoms with E-state index in [1.165, 1.54) is 4.90 Å². The van der Waals surface area contributed by atoms with Gasteiger partial charge in [-0.2, -0.15) is 0 Å². The van der Waals surface area contributed by atoms with Crippen molar-refractivity contribution >= 4 is 23.4 Å². The number of benzene rings is 1. The zero-order valence-electron chi connectivity index (χ0n) is 15.1. The van der Waals surface area contributed by atoms with Gasteiger partial charge in [-0.15, -0.1) is 0 Å². The van der Waals surface area contributed by atoms with E-state index in [0.29, 0.717) is 26.2 Å². The van der Waals surface area contributed by atoms with Crippen molar-refractivity contribution in [1.82, 2.24) is 10.2 Å². The van der Waals surface area contributed by atoms with Crippen LogP contribution in [0.4, 0.5) is 25.0 Å². The molecule has 1 atom stereocenters. The fraction of sp³-hybridized carbons (Fsp3) is 0.529. The molecule has 27 heavy (non-hydrogen) atoms. The summed E-state index contributed by atoms with van der Waals surface area (Å²) < 4.78 is 34.3. The molecule has 2 heterocycles. The maximum atomic E-state index is 14.7. The topological polar surface area (TPSA) is 91.1 Å². The summed E-state index contributed by atoms with van der Waals surface area (Å²) in [5, 5.41) is 2.79. The molecule has 2 saturated heterocycles. The second-order valence-electron chi connectivity index (χ2n) is 6.51. The van der Waals surface area contributed by atoms with Crippen molar-refractivity contribution in [2.45, 2.75) is 6.10 Å². The average molecular weight is 383 g/mol. The van der Waals surface area contributed by atoms with Crippen molar-refractivity contribution in [3.8, 4) is 0 Å². The zero-order valence-corrected chi connectivity index (χ0v) is 15.1. The Morgan fingerprint density at radius 1 is 1.26 bits per heavy atom. The van der Waals surface area contributed by atoms with Crippen LogP contribution in [0.5, 0.6) is 0 Å². The Balaban J connectivity index is 1.73. The van der Waals surface area contributed by atoms with Gasteiger partial charge in [0.2, 0.25) is 5.91 Å². The maximum absolute atomic E-state index is 14.7. The molecule has 1 unspecified atom stereocenters. The van der Waals surface area contributed by atoms with Gasteiger partial charge >= 0.3 is 6.09 Å². The van der Waals surface area contributed by atoms with Crippen LogP contribution in [0.25, 0.3) is 0 Å². The Morgan fingerprint density at radius 2 is 1.89 bits per heavy atom. The van der Waals surface area contributed by atoms with Crippen molar-refractivity contribution in [1.29, 1.82) is 0 Å². The smallest absolute Gasteiger partial charge is 0.414 e. The highest BCUT2D eigenvalue weighted by atomic mass is 19.1. The number of halogens is 2. The molecular weight excluding hydrogens is 360 g/mol. The molecule has 2 amide bonds. The third kappa shape index (κ3) is 3.96. The molecular formula is C17H23F2N5O3. The number of piperazine rings is 1. The van der Waals surface area contributed by atoms with E-state index in [-0.39, 0.29) is 36.9 Å². The molecule has 0 aromatic heterocycles. The van der Waals surface area contributed by atoms with Crippen molar-refractivity contribution < 1.29 is 23.1 Å². The number of carbonyl (C=O) groups is 2. The van der Waals surface area contributed by atoms with Crippen LogP contribution in [-0.2, 0) is 9.53 Å². The number of likely N-dealkylation sites (N-methyl/N-ethyl adjacent to an activating group) is 1. The van der Waals surface area contributed by atoms with Crippen molar-refractivity contribution in [2.75, 3.05) is 62.7 Å². The van der Waals surface area contributed by atoms with Crippen LogP contribution in [0.15, 0.2) is 12.1 Å². The molecule has 2 aliphatic rings. The molecule has 3 N–H and O–H groups in total. The van der Waals surface area contributed by atoms with Gasteiger partial charge < -0.3 is 25.6 Å². The Hall–Kier alpha value is -2.46. The Morgan fingerprint density at radius 3 is 2.41 bits per heavy atom. The number of ether oxygens (including phenoxy) is 1. The first-order valence-corrected chi connectivity index (χ1v) is 8.79. The molecule has 1 aromatic rings. The second-order valence-corrected chi connectivity index (χ2v) is 6.51. The fourth-order valence-electron chi connectivity index (χ4n) is 3.31. The lowest BCUT2D eigenvalue weighted by Crippen LogP contribution is -2.51. The van der Waals surface area contributed by atoms with Crippen LogP contribution in [0, 0.1) is 11.6 Å². The predicted octanol–water partition coefficient (Wildman–Crippen LogP) is 0.117. The van der Waals surface area contributed by atoms with E-state index < -0.39 is 23.8 Å². The molecule has 8 nitrogen and oxygen atoms in total. The number of hydrogen-bond acceptors (Lipinski definition) is 6. The number of nitrogens with one attached hydrogen (secondary N) is 1. The van der Waals surface area contributed by atoms with Crippen LogP contribution >= 0.6 is 0 Å². The molecule has 1 aromatic carbocycles. The van der Waals surface area contributed by atoms with Gasteiger partial charge in [0.15, 0.2) is 11.6 Å². The number of carbonyl (C=O) groups excluding carboxylic acids is 2. The Labute approximate surface area is 155 Å². The van der Waals surface area contributed by atoms with E-state index >= 15 is 0 Å². The van der Waals surface area contributed by atoms with Gasteiger partial charge in [0.05, 0.1) is 18.8 Å². The van der Waals surface area contributed by atoms with E-state index in [2.05, 4.69) is 5.32 Å². The van der Waals surface area contributed by atoms with Crippen LogP contribution < -0.4 is 20.9 Å². The standard InChI is InChI=1S/C17H23F2N5O3/c1-21-9-15(25)22-2-4-23(5-3-22)16-13(18)6-11(7-14(16)19)24-10-12(8-20)27-17(24)26/h6-7,12,21H,2-5,8-10,20H2,1H3. The van der Waals surface area contributed by atoms with E-state index in [1.54, 1.807) is 16.8 Å². The summed E-state index contributed by atoms with van der Waals surface area (Å²) in [6, 6.07) is 2.24. The number of hydrogen-bond donors (Lipinski definition) is 2. The molecule has 0 bridgehead atoms. The van der Waals surface area contributed by atoms with E-state index in [9.17, 15) is 18.4 Å². The molecule has 148 valence electrons. The number of cyclic esters (lactones) is 1. The molecule has 2 fully saturated rings. The van der Waals surface area contributed by atoms with Crippen molar-refractivity contribution in [2.24, 2.45) is 5.73 Å². The van der Waals surface area contributed by atoms with Gasteiger partial charge in [-0.25, -0.2) is 13.6 Å². The highest BCUT2D eigenvalue weighted by Gasteiger charge is 2.33. The first kappa shape index (κ1) is 19.3. The van der Waals surface area contributed by atoms with Gasteiger partial charge in [0.25, 0.3) is 0 Å². The summed E-state index contributed by atoms with van der Waals surface area (Å²) in [5.41, 5.74) is 5.42. The van der Waals surface area contributed by atoms with E-state index in [1.807, 2.05) is 0 Å². The Kier molecular flexibility index (Phi) is 5.76. The minimum Gasteiger partial charge on any atom is -0.443 e. The maximum Gasteiger partial charge on any atom is 0.414 e. The van der Waals surface area contributed by atoms with Crippen LogP contribution in [0.2, 0.25) is 0 Å². The average Bonchev–Trinajstić information content (AvgIpc) is 3.03. The van der Waals surface area contributed by atoms with Crippen LogP contribution in [-0.4, -0.2) is 75.9 Å². The molecule has 0 spiro atoms. The molecule has 0 saturated carbocycles. The summed E-state index contributed by atoms with van der Waals surface area (Å²) in [6.45, 7) is 1.94. The number of nitrogens with two attached hydrogens (primary N) is 1. The number of anilines is 2. The fourth-order valence-corrected chi connectivity index (χ4v) is 3.31.